The van der Waals surface area contributed by atoms with Gasteiger partial charge in [0.05, 0.1) is 21.2 Å². The Morgan fingerprint density at radius 3 is 2.69 bits per heavy atom. The van der Waals surface area contributed by atoms with Crippen molar-refractivity contribution in [1.29, 1.82) is 5.26 Å². The Balaban J connectivity index is 1.89. The number of hydrogen-bond donors (Lipinski definition) is 1. The molecule has 1 aromatic heterocycles. The van der Waals surface area contributed by atoms with E-state index in [1.807, 2.05) is 6.07 Å². The van der Waals surface area contributed by atoms with Gasteiger partial charge in [-0.25, -0.2) is 0 Å². The van der Waals surface area contributed by atoms with Crippen LogP contribution < -0.4 is 5.32 Å². The third kappa shape index (κ3) is 4.51. The molecule has 1 heterocycles. The number of nitrogens with one attached hydrogen (secondary N) is 1. The van der Waals surface area contributed by atoms with Crippen LogP contribution in [0.3, 0.4) is 0 Å². The van der Waals surface area contributed by atoms with Crippen molar-refractivity contribution in [3.05, 3.63) is 86.6 Å². The van der Waals surface area contributed by atoms with Crippen molar-refractivity contribution < 1.29 is 14.1 Å². The minimum atomic E-state index is -0.653. The van der Waals surface area contributed by atoms with Crippen LogP contribution in [0.15, 0.2) is 64.6 Å². The van der Waals surface area contributed by atoms with Crippen LogP contribution in [0.4, 0.5) is 11.4 Å². The normalized spacial score (nSPS) is 11.0. The number of nitro benzene ring substituents is 1. The van der Waals surface area contributed by atoms with Crippen LogP contribution in [-0.4, -0.2) is 10.8 Å². The number of amides is 1. The zero-order chi connectivity index (χ0) is 21.0. The maximum absolute atomic E-state index is 12.4. The van der Waals surface area contributed by atoms with E-state index >= 15 is 0 Å². The van der Waals surface area contributed by atoms with E-state index in [-0.39, 0.29) is 22.8 Å². The minimum absolute atomic E-state index is 0.0909. The maximum Gasteiger partial charge on any atom is 0.280 e. The molecule has 0 aliphatic carbocycles. The van der Waals surface area contributed by atoms with Gasteiger partial charge in [-0.2, -0.15) is 5.26 Å². The fourth-order valence-electron chi connectivity index (χ4n) is 2.62. The molecule has 0 spiro atoms. The second-order valence-electron chi connectivity index (χ2n) is 6.08. The quantitative estimate of drug-likeness (QED) is 0.265. The van der Waals surface area contributed by atoms with Gasteiger partial charge >= 0.3 is 0 Å². The predicted molar refractivity (Wildman–Crippen MR) is 109 cm³/mol. The molecule has 3 rings (SSSR count). The van der Waals surface area contributed by atoms with E-state index in [9.17, 15) is 20.2 Å². The highest BCUT2D eigenvalue weighted by Gasteiger charge is 2.19. The molecule has 0 bridgehead atoms. The number of aryl methyl sites for hydroxylation is 1. The van der Waals surface area contributed by atoms with Gasteiger partial charge in [-0.3, -0.25) is 14.9 Å². The number of nitriles is 1. The average Bonchev–Trinajstić information content (AvgIpc) is 3.16. The summed E-state index contributed by atoms with van der Waals surface area (Å²) in [5, 5.41) is 23.5. The third-order valence-electron chi connectivity index (χ3n) is 4.02. The highest BCUT2D eigenvalue weighted by Crippen LogP contribution is 2.32. The molecule has 29 heavy (non-hydrogen) atoms. The zero-order valence-corrected chi connectivity index (χ0v) is 15.9. The first-order chi connectivity index (χ1) is 13.9. The number of hydrogen-bond acceptors (Lipinski definition) is 5. The number of furan rings is 1. The van der Waals surface area contributed by atoms with Crippen LogP contribution in [0.2, 0.25) is 5.02 Å². The summed E-state index contributed by atoms with van der Waals surface area (Å²) in [6.45, 7) is 1.75. The Hall–Kier alpha value is -3.89. The van der Waals surface area contributed by atoms with Gasteiger partial charge in [-0.15, -0.1) is 0 Å². The van der Waals surface area contributed by atoms with Crippen molar-refractivity contribution in [1.82, 2.24) is 0 Å². The Labute approximate surface area is 171 Å². The summed E-state index contributed by atoms with van der Waals surface area (Å²) in [4.78, 5) is 23.2. The molecule has 3 aromatic rings. The Bertz CT molecular complexity index is 1170. The lowest BCUT2D eigenvalue weighted by atomic mass is 10.1. The van der Waals surface area contributed by atoms with Gasteiger partial charge in [0, 0.05) is 12.1 Å². The van der Waals surface area contributed by atoms with Crippen LogP contribution in [0.1, 0.15) is 11.3 Å². The molecule has 0 aliphatic heterocycles. The topological polar surface area (TPSA) is 109 Å². The molecule has 0 saturated carbocycles. The Morgan fingerprint density at radius 2 is 2.00 bits per heavy atom. The lowest BCUT2D eigenvalue weighted by Gasteiger charge is -2.05. The molecule has 0 aliphatic rings. The van der Waals surface area contributed by atoms with Gasteiger partial charge in [0.25, 0.3) is 11.6 Å². The van der Waals surface area contributed by atoms with Crippen molar-refractivity contribution in [2.24, 2.45) is 0 Å². The van der Waals surface area contributed by atoms with E-state index in [0.717, 1.165) is 5.56 Å². The van der Waals surface area contributed by atoms with Gasteiger partial charge < -0.3 is 9.73 Å². The molecule has 0 fully saturated rings. The van der Waals surface area contributed by atoms with Crippen molar-refractivity contribution in [2.45, 2.75) is 6.92 Å². The summed E-state index contributed by atoms with van der Waals surface area (Å²) >= 11 is 6.01. The second-order valence-corrected chi connectivity index (χ2v) is 6.49. The van der Waals surface area contributed by atoms with Crippen LogP contribution >= 0.6 is 11.6 Å². The first-order valence-corrected chi connectivity index (χ1v) is 8.80. The van der Waals surface area contributed by atoms with Crippen molar-refractivity contribution in [2.75, 3.05) is 5.32 Å². The van der Waals surface area contributed by atoms with Crippen LogP contribution in [-0.2, 0) is 4.79 Å². The minimum Gasteiger partial charge on any atom is -0.456 e. The van der Waals surface area contributed by atoms with Crippen LogP contribution in [0.25, 0.3) is 17.4 Å². The van der Waals surface area contributed by atoms with Gasteiger partial charge in [-0.05, 0) is 42.8 Å². The monoisotopic (exact) mass is 407 g/mol. The molecular weight excluding hydrogens is 394 g/mol. The summed E-state index contributed by atoms with van der Waals surface area (Å²) in [5.41, 5.74) is 1.13. The van der Waals surface area contributed by atoms with Crippen molar-refractivity contribution in [3.63, 3.8) is 0 Å². The number of para-hydroxylation sites is 1. The molecule has 0 atom stereocenters. The maximum atomic E-state index is 12.4. The van der Waals surface area contributed by atoms with Gasteiger partial charge in [0.15, 0.2) is 0 Å². The Kier molecular flexibility index (Phi) is 5.77. The number of halogens is 1. The first kappa shape index (κ1) is 19.9. The van der Waals surface area contributed by atoms with E-state index in [1.165, 1.54) is 18.2 Å². The number of anilines is 1. The van der Waals surface area contributed by atoms with E-state index in [2.05, 4.69) is 5.32 Å². The van der Waals surface area contributed by atoms with Crippen molar-refractivity contribution in [3.8, 4) is 17.4 Å². The number of nitro groups is 1. The fourth-order valence-corrected chi connectivity index (χ4v) is 2.80. The molecule has 2 aromatic carbocycles. The second kappa shape index (κ2) is 8.42. The number of carbonyl (C=O) groups excluding carboxylic acids is 1. The average molecular weight is 408 g/mol. The lowest BCUT2D eigenvalue weighted by Crippen LogP contribution is -2.13. The molecular formula is C21H14ClN3O4. The summed E-state index contributed by atoms with van der Waals surface area (Å²) in [6, 6.07) is 16.3. The number of nitrogens with zero attached hydrogens (tertiary/aromatic N) is 2. The summed E-state index contributed by atoms with van der Waals surface area (Å²) in [7, 11) is 0. The van der Waals surface area contributed by atoms with E-state index in [4.69, 9.17) is 16.0 Å². The number of carbonyl (C=O) groups is 1. The fraction of sp³-hybridized carbons (Fsp3) is 0.0476. The van der Waals surface area contributed by atoms with Crippen LogP contribution in [0, 0.1) is 28.4 Å². The summed E-state index contributed by atoms with van der Waals surface area (Å²) in [6.07, 6.45) is 1.26. The largest absolute Gasteiger partial charge is 0.456 e. The molecule has 7 nitrogen and oxygen atoms in total. The van der Waals surface area contributed by atoms with E-state index in [1.54, 1.807) is 49.4 Å². The summed E-state index contributed by atoms with van der Waals surface area (Å²) in [5.74, 6) is -0.188. The van der Waals surface area contributed by atoms with E-state index < -0.39 is 10.8 Å². The molecule has 0 radical (unpaired) electrons. The molecule has 0 unspecified atom stereocenters. The summed E-state index contributed by atoms with van der Waals surface area (Å²) < 4.78 is 5.62. The molecule has 1 amide bonds. The Morgan fingerprint density at radius 1 is 1.24 bits per heavy atom. The molecule has 8 heteroatoms. The van der Waals surface area contributed by atoms with Crippen LogP contribution in [0.5, 0.6) is 0 Å². The standard InChI is InChI=1S/C21H14ClN3O4/c1-13-6-8-16(19(10-13)25(27)28)20-9-7-15(29-20)11-14(12-23)21(26)24-18-5-3-2-4-17(18)22/h2-11H,1H3,(H,24,26)/b14-11+. The number of benzene rings is 2. The molecule has 0 saturated heterocycles. The highest BCUT2D eigenvalue weighted by atomic mass is 35.5. The van der Waals surface area contributed by atoms with E-state index in [0.29, 0.717) is 16.3 Å². The molecule has 1 N–H and O–H groups in total. The molecule has 144 valence electrons. The van der Waals surface area contributed by atoms with Gasteiger partial charge in [0.1, 0.15) is 23.2 Å². The zero-order valence-electron chi connectivity index (χ0n) is 15.2. The SMILES string of the molecule is Cc1ccc(-c2ccc(/C=C(\C#N)C(=O)Nc3ccccc3Cl)o2)c([N+](=O)[O-])c1. The first-order valence-electron chi connectivity index (χ1n) is 8.42. The smallest absolute Gasteiger partial charge is 0.280 e. The highest BCUT2D eigenvalue weighted by molar-refractivity contribution is 6.34. The predicted octanol–water partition coefficient (Wildman–Crippen LogP) is 5.36. The lowest BCUT2D eigenvalue weighted by molar-refractivity contribution is -0.384. The van der Waals surface area contributed by atoms with Gasteiger partial charge in [0.2, 0.25) is 0 Å². The number of rotatable bonds is 5. The third-order valence-corrected chi connectivity index (χ3v) is 4.35. The van der Waals surface area contributed by atoms with Crippen molar-refractivity contribution >= 4 is 35.0 Å². The van der Waals surface area contributed by atoms with Gasteiger partial charge in [-0.1, -0.05) is 29.8 Å².